The topological polar surface area (TPSA) is 176 Å². The first-order valence-corrected chi connectivity index (χ1v) is 8.00. The second kappa shape index (κ2) is 10.5. The van der Waals surface area contributed by atoms with Crippen LogP contribution in [0.15, 0.2) is 18.2 Å². The molecule has 0 aliphatic heterocycles. The summed E-state index contributed by atoms with van der Waals surface area (Å²) in [5.74, 6) is -3.11. The van der Waals surface area contributed by atoms with E-state index in [0.29, 0.717) is 0 Å². The molecule has 1 aromatic carbocycles. The fraction of sp³-hybridized carbons (Fsp3) is 0.375. The highest BCUT2D eigenvalue weighted by Crippen LogP contribution is 2.25. The molecule has 2 amide bonds. The predicted molar refractivity (Wildman–Crippen MR) is 93.3 cm³/mol. The molecule has 0 spiro atoms. The van der Waals surface area contributed by atoms with Crippen LogP contribution in [0.3, 0.4) is 0 Å². The number of anilines is 2. The minimum atomic E-state index is -1.04. The smallest absolute Gasteiger partial charge is 0.303 e. The molecule has 4 N–H and O–H groups in total. The number of hydrogen-bond donors (Lipinski definition) is 4. The number of nitro groups is 1. The Morgan fingerprint density at radius 2 is 1.22 bits per heavy atom. The standard InChI is InChI=1S/C16H19N3O8/c20-13(3-1-5-15(22)23)17-10-7-11(9-12(8-10)19(26)27)18-14(21)4-2-6-16(24)25/h7-9H,1-6H2,(H,17,20)(H,18,21)(H,22,23)(H,24,25). The Hall–Kier alpha value is -3.50. The number of aliphatic carboxylic acids is 2. The molecule has 11 heteroatoms. The summed E-state index contributed by atoms with van der Waals surface area (Å²) in [5.41, 5.74) is -0.213. The van der Waals surface area contributed by atoms with E-state index >= 15 is 0 Å². The van der Waals surface area contributed by atoms with E-state index in [1.807, 2.05) is 0 Å². The molecule has 0 aromatic heterocycles. The summed E-state index contributed by atoms with van der Waals surface area (Å²) in [6.45, 7) is 0. The minimum absolute atomic E-state index is 0.0744. The van der Waals surface area contributed by atoms with Crippen LogP contribution < -0.4 is 10.6 Å². The molecule has 0 fully saturated rings. The van der Waals surface area contributed by atoms with E-state index < -0.39 is 28.7 Å². The van der Waals surface area contributed by atoms with Gasteiger partial charge < -0.3 is 20.8 Å². The zero-order chi connectivity index (χ0) is 20.4. The molecule has 146 valence electrons. The zero-order valence-corrected chi connectivity index (χ0v) is 14.3. The average molecular weight is 381 g/mol. The van der Waals surface area contributed by atoms with E-state index in [4.69, 9.17) is 10.2 Å². The van der Waals surface area contributed by atoms with E-state index in [0.717, 1.165) is 12.1 Å². The van der Waals surface area contributed by atoms with Crippen molar-refractivity contribution in [2.75, 3.05) is 10.6 Å². The average Bonchev–Trinajstić information content (AvgIpc) is 2.53. The summed E-state index contributed by atoms with van der Waals surface area (Å²) < 4.78 is 0. The van der Waals surface area contributed by atoms with Gasteiger partial charge in [-0.2, -0.15) is 0 Å². The molecule has 0 atom stereocenters. The molecule has 0 aliphatic carbocycles. The Balaban J connectivity index is 2.77. The summed E-state index contributed by atoms with van der Waals surface area (Å²) in [6, 6.07) is 3.53. The van der Waals surface area contributed by atoms with Crippen molar-refractivity contribution >= 4 is 40.8 Å². The van der Waals surface area contributed by atoms with Crippen LogP contribution in [0.1, 0.15) is 38.5 Å². The molecular weight excluding hydrogens is 362 g/mol. The van der Waals surface area contributed by atoms with Gasteiger partial charge in [-0.3, -0.25) is 29.3 Å². The number of carboxylic acids is 2. The zero-order valence-electron chi connectivity index (χ0n) is 14.3. The van der Waals surface area contributed by atoms with Crippen LogP contribution in [0.5, 0.6) is 0 Å². The highest BCUT2D eigenvalue weighted by Gasteiger charge is 2.14. The third kappa shape index (κ3) is 8.95. The predicted octanol–water partition coefficient (Wildman–Crippen LogP) is 1.98. The van der Waals surface area contributed by atoms with Gasteiger partial charge in [-0.05, 0) is 18.9 Å². The maximum absolute atomic E-state index is 11.8. The first kappa shape index (κ1) is 21.5. The Morgan fingerprint density at radius 1 is 0.815 bits per heavy atom. The van der Waals surface area contributed by atoms with Gasteiger partial charge in [0.2, 0.25) is 11.8 Å². The van der Waals surface area contributed by atoms with Gasteiger partial charge in [0.05, 0.1) is 4.92 Å². The van der Waals surface area contributed by atoms with Gasteiger partial charge in [0.25, 0.3) is 5.69 Å². The Kier molecular flexibility index (Phi) is 8.36. The molecule has 0 heterocycles. The van der Waals surface area contributed by atoms with Gasteiger partial charge >= 0.3 is 11.9 Å². The van der Waals surface area contributed by atoms with Gasteiger partial charge in [-0.15, -0.1) is 0 Å². The largest absolute Gasteiger partial charge is 0.481 e. The van der Waals surface area contributed by atoms with Crippen LogP contribution in [0.25, 0.3) is 0 Å². The molecule has 11 nitrogen and oxygen atoms in total. The third-order valence-corrected chi connectivity index (χ3v) is 3.29. The first-order chi connectivity index (χ1) is 12.7. The fourth-order valence-electron chi connectivity index (χ4n) is 2.11. The number of carbonyl (C=O) groups excluding carboxylic acids is 2. The molecule has 27 heavy (non-hydrogen) atoms. The van der Waals surface area contributed by atoms with Gasteiger partial charge in [0, 0.05) is 49.2 Å². The summed E-state index contributed by atoms with van der Waals surface area (Å²) in [4.78, 5) is 54.8. The van der Waals surface area contributed by atoms with E-state index in [1.54, 1.807) is 0 Å². The van der Waals surface area contributed by atoms with Crippen LogP contribution in [0.2, 0.25) is 0 Å². The van der Waals surface area contributed by atoms with Crippen molar-refractivity contribution in [3.8, 4) is 0 Å². The normalized spacial score (nSPS) is 10.1. The van der Waals surface area contributed by atoms with Crippen LogP contribution in [-0.2, 0) is 19.2 Å². The maximum Gasteiger partial charge on any atom is 0.303 e. The molecule has 1 aromatic rings. The Morgan fingerprint density at radius 3 is 1.56 bits per heavy atom. The molecule has 0 unspecified atom stereocenters. The fourth-order valence-corrected chi connectivity index (χ4v) is 2.11. The minimum Gasteiger partial charge on any atom is -0.481 e. The number of rotatable bonds is 11. The molecule has 0 saturated carbocycles. The van der Waals surface area contributed by atoms with Crippen LogP contribution >= 0.6 is 0 Å². The number of nitrogens with one attached hydrogen (secondary N) is 2. The molecule has 0 bridgehead atoms. The van der Waals surface area contributed by atoms with Crippen molar-refractivity contribution < 1.29 is 34.3 Å². The van der Waals surface area contributed by atoms with Crippen LogP contribution in [-0.4, -0.2) is 38.9 Å². The summed E-state index contributed by atoms with van der Waals surface area (Å²) in [5, 5.41) is 32.9. The Labute approximate surface area is 153 Å². The third-order valence-electron chi connectivity index (χ3n) is 3.29. The van der Waals surface area contributed by atoms with Crippen molar-refractivity contribution in [1.82, 2.24) is 0 Å². The van der Waals surface area contributed by atoms with Crippen LogP contribution in [0.4, 0.5) is 17.1 Å². The Bertz CT molecular complexity index is 695. The van der Waals surface area contributed by atoms with Crippen molar-refractivity contribution in [3.05, 3.63) is 28.3 Å². The van der Waals surface area contributed by atoms with Gasteiger partial charge in [-0.25, -0.2) is 0 Å². The molecule has 1 rings (SSSR count). The molecule has 0 aliphatic rings. The lowest BCUT2D eigenvalue weighted by Crippen LogP contribution is -2.14. The van der Waals surface area contributed by atoms with E-state index in [2.05, 4.69) is 10.6 Å². The highest BCUT2D eigenvalue weighted by molar-refractivity contribution is 5.95. The first-order valence-electron chi connectivity index (χ1n) is 8.00. The van der Waals surface area contributed by atoms with E-state index in [9.17, 15) is 29.3 Å². The second-order valence-electron chi connectivity index (χ2n) is 5.62. The number of non-ortho nitro benzene ring substituents is 1. The molecule has 0 radical (unpaired) electrons. The number of hydrogen-bond acceptors (Lipinski definition) is 6. The SMILES string of the molecule is O=C(O)CCCC(=O)Nc1cc(NC(=O)CCCC(=O)O)cc([N+](=O)[O-])c1. The number of nitrogens with zero attached hydrogens (tertiary/aromatic N) is 1. The van der Waals surface area contributed by atoms with Crippen molar-refractivity contribution in [1.29, 1.82) is 0 Å². The summed E-state index contributed by atoms with van der Waals surface area (Å²) >= 11 is 0. The summed E-state index contributed by atoms with van der Waals surface area (Å²) in [7, 11) is 0. The summed E-state index contributed by atoms with van der Waals surface area (Å²) in [6.07, 6.45) is -0.287. The van der Waals surface area contributed by atoms with E-state index in [1.165, 1.54) is 6.07 Å². The molecule has 0 saturated heterocycles. The van der Waals surface area contributed by atoms with Crippen molar-refractivity contribution in [2.24, 2.45) is 0 Å². The highest BCUT2D eigenvalue weighted by atomic mass is 16.6. The lowest BCUT2D eigenvalue weighted by Gasteiger charge is -2.09. The van der Waals surface area contributed by atoms with Crippen molar-refractivity contribution in [3.63, 3.8) is 0 Å². The number of amides is 2. The maximum atomic E-state index is 11.8. The number of carboxylic acid groups (broad SMARTS) is 2. The van der Waals surface area contributed by atoms with Crippen LogP contribution in [0, 0.1) is 10.1 Å². The van der Waals surface area contributed by atoms with Crippen molar-refractivity contribution in [2.45, 2.75) is 38.5 Å². The van der Waals surface area contributed by atoms with Gasteiger partial charge in [-0.1, -0.05) is 0 Å². The van der Waals surface area contributed by atoms with Gasteiger partial charge in [0.1, 0.15) is 0 Å². The number of carbonyl (C=O) groups is 4. The number of nitro benzene ring substituents is 1. The quantitative estimate of drug-likeness (QED) is 0.332. The van der Waals surface area contributed by atoms with E-state index in [-0.39, 0.29) is 55.6 Å². The second-order valence-corrected chi connectivity index (χ2v) is 5.62. The number of benzene rings is 1. The lowest BCUT2D eigenvalue weighted by molar-refractivity contribution is -0.384. The lowest BCUT2D eigenvalue weighted by atomic mass is 10.2. The van der Waals surface area contributed by atoms with Gasteiger partial charge in [0.15, 0.2) is 0 Å². The molecular formula is C16H19N3O8. The monoisotopic (exact) mass is 381 g/mol.